The standard InChI is InChI=1S/C20H22ClN3O6/c1-12(25)19(23-22-15-8-6-14(28-3)11-18(15)30-5)20(26)24(21)16-10-13(27-2)7-9-17(16)29-4/h6-11,19H,1-5H3. The Morgan fingerprint density at radius 1 is 0.900 bits per heavy atom. The van der Waals surface area contributed by atoms with Crippen LogP contribution in [-0.4, -0.2) is 46.2 Å². The van der Waals surface area contributed by atoms with Gasteiger partial charge in [0.2, 0.25) is 6.04 Å². The second kappa shape index (κ2) is 10.4. The molecule has 0 N–H and O–H groups in total. The number of carbonyl (C=O) groups excluding carboxylic acids is 2. The lowest BCUT2D eigenvalue weighted by Gasteiger charge is -2.19. The Kier molecular flexibility index (Phi) is 7.99. The van der Waals surface area contributed by atoms with Crippen LogP contribution < -0.4 is 23.4 Å². The van der Waals surface area contributed by atoms with Gasteiger partial charge in [0.1, 0.15) is 34.4 Å². The van der Waals surface area contributed by atoms with Crippen LogP contribution in [-0.2, 0) is 9.59 Å². The van der Waals surface area contributed by atoms with E-state index in [-0.39, 0.29) is 5.69 Å². The molecule has 1 unspecified atom stereocenters. The molecule has 10 heteroatoms. The predicted molar refractivity (Wildman–Crippen MR) is 111 cm³/mol. The second-order valence-corrected chi connectivity index (χ2v) is 6.26. The lowest BCUT2D eigenvalue weighted by molar-refractivity contribution is -0.126. The topological polar surface area (TPSA) is 99.0 Å². The zero-order valence-electron chi connectivity index (χ0n) is 17.2. The summed E-state index contributed by atoms with van der Waals surface area (Å²) >= 11 is 6.24. The third kappa shape index (κ3) is 5.18. The molecule has 0 aromatic heterocycles. The first-order valence-corrected chi connectivity index (χ1v) is 9.05. The molecule has 2 aromatic carbocycles. The maximum Gasteiger partial charge on any atom is 0.276 e. The highest BCUT2D eigenvalue weighted by atomic mass is 35.5. The van der Waals surface area contributed by atoms with Gasteiger partial charge in [-0.1, -0.05) is 0 Å². The number of rotatable bonds is 9. The predicted octanol–water partition coefficient (Wildman–Crippen LogP) is 3.95. The number of amides is 1. The van der Waals surface area contributed by atoms with Gasteiger partial charge in [-0.25, -0.2) is 4.42 Å². The molecule has 0 fully saturated rings. The first-order chi connectivity index (χ1) is 14.4. The number of benzene rings is 2. The first kappa shape index (κ1) is 23.0. The van der Waals surface area contributed by atoms with Crippen LogP contribution in [0.1, 0.15) is 6.92 Å². The lowest BCUT2D eigenvalue weighted by Crippen LogP contribution is -2.36. The number of halogens is 1. The fourth-order valence-corrected chi connectivity index (χ4v) is 2.69. The van der Waals surface area contributed by atoms with Crippen molar-refractivity contribution in [2.75, 3.05) is 32.9 Å². The Bertz CT molecular complexity index is 950. The van der Waals surface area contributed by atoms with Crippen molar-refractivity contribution in [1.29, 1.82) is 0 Å². The van der Waals surface area contributed by atoms with Crippen molar-refractivity contribution >= 4 is 34.8 Å². The van der Waals surface area contributed by atoms with Gasteiger partial charge in [0, 0.05) is 23.9 Å². The van der Waals surface area contributed by atoms with Gasteiger partial charge >= 0.3 is 0 Å². The zero-order valence-corrected chi connectivity index (χ0v) is 18.0. The number of Topliss-reactive ketones (excluding diaryl/α,β-unsaturated/α-hetero) is 1. The number of hydrogen-bond donors (Lipinski definition) is 0. The molecule has 30 heavy (non-hydrogen) atoms. The number of anilines is 1. The molecule has 1 amide bonds. The van der Waals surface area contributed by atoms with E-state index >= 15 is 0 Å². The molecule has 2 rings (SSSR count). The van der Waals surface area contributed by atoms with Crippen LogP contribution in [0.3, 0.4) is 0 Å². The van der Waals surface area contributed by atoms with Gasteiger partial charge in [0.15, 0.2) is 5.78 Å². The van der Waals surface area contributed by atoms with Gasteiger partial charge in [0.05, 0.1) is 28.4 Å². The Labute approximate surface area is 179 Å². The van der Waals surface area contributed by atoms with E-state index < -0.39 is 17.7 Å². The van der Waals surface area contributed by atoms with Gasteiger partial charge in [-0.15, -0.1) is 0 Å². The number of hydrogen-bond acceptors (Lipinski definition) is 8. The molecule has 2 aromatic rings. The highest BCUT2D eigenvalue weighted by Gasteiger charge is 2.30. The fraction of sp³-hybridized carbons (Fsp3) is 0.300. The fourth-order valence-electron chi connectivity index (χ4n) is 2.47. The summed E-state index contributed by atoms with van der Waals surface area (Å²) in [4.78, 5) is 25.0. The molecule has 0 saturated carbocycles. The molecular weight excluding hydrogens is 414 g/mol. The molecular formula is C20H22ClN3O6. The third-order valence-corrected chi connectivity index (χ3v) is 4.43. The minimum Gasteiger partial charge on any atom is -0.497 e. The molecule has 0 saturated heterocycles. The molecule has 0 heterocycles. The summed E-state index contributed by atoms with van der Waals surface area (Å²) in [5.74, 6) is 0.353. The molecule has 0 aliphatic rings. The highest BCUT2D eigenvalue weighted by Crippen LogP contribution is 2.35. The average molecular weight is 436 g/mol. The van der Waals surface area contributed by atoms with Crippen LogP contribution in [0.5, 0.6) is 23.0 Å². The normalized spacial score (nSPS) is 11.7. The van der Waals surface area contributed by atoms with Crippen molar-refractivity contribution in [3.8, 4) is 23.0 Å². The molecule has 0 spiro atoms. The first-order valence-electron chi connectivity index (χ1n) is 8.71. The summed E-state index contributed by atoms with van der Waals surface area (Å²) in [6.07, 6.45) is 0. The van der Waals surface area contributed by atoms with Crippen LogP contribution >= 0.6 is 11.8 Å². The number of carbonyl (C=O) groups is 2. The molecule has 0 aliphatic heterocycles. The Balaban J connectivity index is 2.36. The minimum absolute atomic E-state index is 0.201. The van der Waals surface area contributed by atoms with Crippen LogP contribution in [0, 0.1) is 0 Å². The van der Waals surface area contributed by atoms with E-state index in [1.54, 1.807) is 30.3 Å². The van der Waals surface area contributed by atoms with Crippen LogP contribution in [0.2, 0.25) is 0 Å². The van der Waals surface area contributed by atoms with Crippen LogP contribution in [0.4, 0.5) is 11.4 Å². The largest absolute Gasteiger partial charge is 0.497 e. The van der Waals surface area contributed by atoms with Crippen LogP contribution in [0.25, 0.3) is 0 Å². The van der Waals surface area contributed by atoms with Crippen molar-refractivity contribution < 1.29 is 28.5 Å². The van der Waals surface area contributed by atoms with E-state index in [0.29, 0.717) is 28.7 Å². The van der Waals surface area contributed by atoms with Crippen molar-refractivity contribution in [2.24, 2.45) is 10.2 Å². The number of ether oxygens (including phenoxy) is 4. The van der Waals surface area contributed by atoms with E-state index in [0.717, 1.165) is 4.42 Å². The number of nitrogens with zero attached hydrogens (tertiary/aromatic N) is 3. The Hall–Kier alpha value is -3.33. The van der Waals surface area contributed by atoms with Gasteiger partial charge in [0.25, 0.3) is 5.91 Å². The van der Waals surface area contributed by atoms with E-state index in [1.165, 1.54) is 41.4 Å². The summed E-state index contributed by atoms with van der Waals surface area (Å²) in [6.45, 7) is 1.22. The quantitative estimate of drug-likeness (QED) is 0.336. The summed E-state index contributed by atoms with van der Waals surface area (Å²) in [6, 6.07) is 8.12. The Morgan fingerprint density at radius 2 is 1.50 bits per heavy atom. The summed E-state index contributed by atoms with van der Waals surface area (Å²) < 4.78 is 21.5. The molecule has 0 bridgehead atoms. The van der Waals surface area contributed by atoms with Crippen molar-refractivity contribution in [2.45, 2.75) is 13.0 Å². The van der Waals surface area contributed by atoms with Crippen molar-refractivity contribution in [3.63, 3.8) is 0 Å². The van der Waals surface area contributed by atoms with Gasteiger partial charge < -0.3 is 18.9 Å². The zero-order chi connectivity index (χ0) is 22.3. The van der Waals surface area contributed by atoms with E-state index in [1.807, 2.05) is 0 Å². The van der Waals surface area contributed by atoms with E-state index in [4.69, 9.17) is 30.7 Å². The van der Waals surface area contributed by atoms with Gasteiger partial charge in [-0.2, -0.15) is 10.2 Å². The van der Waals surface area contributed by atoms with Crippen molar-refractivity contribution in [1.82, 2.24) is 0 Å². The second-order valence-electron chi connectivity index (χ2n) is 5.92. The minimum atomic E-state index is -1.47. The molecule has 9 nitrogen and oxygen atoms in total. The highest BCUT2D eigenvalue weighted by molar-refractivity contribution is 6.39. The van der Waals surface area contributed by atoms with Gasteiger partial charge in [-0.3, -0.25) is 9.59 Å². The number of ketones is 1. The number of methoxy groups -OCH3 is 4. The van der Waals surface area contributed by atoms with E-state index in [2.05, 4.69) is 10.2 Å². The third-order valence-electron chi connectivity index (χ3n) is 4.08. The maximum absolute atomic E-state index is 12.9. The molecule has 160 valence electrons. The lowest BCUT2D eigenvalue weighted by atomic mass is 10.2. The molecule has 1 atom stereocenters. The van der Waals surface area contributed by atoms with Crippen LogP contribution in [0.15, 0.2) is 46.6 Å². The number of azo groups is 1. The van der Waals surface area contributed by atoms with Crippen molar-refractivity contribution in [3.05, 3.63) is 36.4 Å². The molecule has 0 radical (unpaired) electrons. The summed E-state index contributed by atoms with van der Waals surface area (Å²) in [5, 5.41) is 7.92. The summed E-state index contributed by atoms with van der Waals surface area (Å²) in [5.41, 5.74) is 0.518. The molecule has 0 aliphatic carbocycles. The monoisotopic (exact) mass is 435 g/mol. The Morgan fingerprint density at radius 3 is 2.07 bits per heavy atom. The SMILES string of the molecule is COc1ccc(N=NC(C(C)=O)C(=O)N(Cl)c2cc(OC)ccc2OC)c(OC)c1. The smallest absolute Gasteiger partial charge is 0.276 e. The van der Waals surface area contributed by atoms with E-state index in [9.17, 15) is 9.59 Å². The van der Waals surface area contributed by atoms with Gasteiger partial charge in [-0.05, 0) is 31.2 Å². The average Bonchev–Trinajstić information content (AvgIpc) is 2.77. The maximum atomic E-state index is 12.9. The summed E-state index contributed by atoms with van der Waals surface area (Å²) in [7, 11) is 5.87.